The van der Waals surface area contributed by atoms with Crippen LogP contribution in [0.3, 0.4) is 0 Å². The summed E-state index contributed by atoms with van der Waals surface area (Å²) in [6.07, 6.45) is 2.02. The molecule has 4 nitrogen and oxygen atoms in total. The lowest BCUT2D eigenvalue weighted by atomic mass is 10.1. The van der Waals surface area contributed by atoms with Crippen LogP contribution in [0.1, 0.15) is 31.4 Å². The summed E-state index contributed by atoms with van der Waals surface area (Å²) in [7, 11) is 3.25. The number of nitrogens with one attached hydrogen (secondary N) is 1. The molecule has 1 aliphatic carbocycles. The maximum atomic E-state index is 11.8. The van der Waals surface area contributed by atoms with Gasteiger partial charge in [-0.2, -0.15) is 0 Å². The Morgan fingerprint density at radius 1 is 1.33 bits per heavy atom. The SMILES string of the molecule is COc1ccc(OC)c([C@H](C)NC(=O)C2CC2)c1. The van der Waals surface area contributed by atoms with Gasteiger partial charge in [0.25, 0.3) is 0 Å². The number of rotatable bonds is 5. The zero-order chi connectivity index (χ0) is 13.1. The van der Waals surface area contributed by atoms with Gasteiger partial charge in [0.2, 0.25) is 5.91 Å². The summed E-state index contributed by atoms with van der Waals surface area (Å²) < 4.78 is 10.5. The molecule has 1 aromatic rings. The number of methoxy groups -OCH3 is 2. The van der Waals surface area contributed by atoms with Gasteiger partial charge < -0.3 is 14.8 Å². The Balaban J connectivity index is 2.15. The molecule has 0 aromatic heterocycles. The summed E-state index contributed by atoms with van der Waals surface area (Å²) in [5, 5.41) is 3.01. The second kappa shape index (κ2) is 5.29. The molecular weight excluding hydrogens is 230 g/mol. The van der Waals surface area contributed by atoms with Gasteiger partial charge in [0.15, 0.2) is 0 Å². The van der Waals surface area contributed by atoms with Crippen LogP contribution in [-0.4, -0.2) is 20.1 Å². The summed E-state index contributed by atoms with van der Waals surface area (Å²) in [6.45, 7) is 1.96. The van der Waals surface area contributed by atoms with Crippen molar-refractivity contribution in [1.82, 2.24) is 5.32 Å². The van der Waals surface area contributed by atoms with E-state index >= 15 is 0 Å². The fourth-order valence-corrected chi connectivity index (χ4v) is 1.93. The Labute approximate surface area is 107 Å². The quantitative estimate of drug-likeness (QED) is 0.871. The lowest BCUT2D eigenvalue weighted by molar-refractivity contribution is -0.122. The molecule has 18 heavy (non-hydrogen) atoms. The lowest BCUT2D eigenvalue weighted by Crippen LogP contribution is -2.28. The van der Waals surface area contributed by atoms with Gasteiger partial charge in [0, 0.05) is 11.5 Å². The normalized spacial score (nSPS) is 15.9. The standard InChI is InChI=1S/C14H19NO3/c1-9(15-14(16)10-4-5-10)12-8-11(17-2)6-7-13(12)18-3/h6-10H,4-5H2,1-3H3,(H,15,16)/t9-/m0/s1. The second-order valence-electron chi connectivity index (χ2n) is 4.61. The van der Waals surface area contributed by atoms with Crippen LogP contribution in [0.15, 0.2) is 18.2 Å². The lowest BCUT2D eigenvalue weighted by Gasteiger charge is -2.18. The highest BCUT2D eigenvalue weighted by atomic mass is 16.5. The van der Waals surface area contributed by atoms with Crippen molar-refractivity contribution in [3.05, 3.63) is 23.8 Å². The third-order valence-electron chi connectivity index (χ3n) is 3.21. The van der Waals surface area contributed by atoms with E-state index in [0.29, 0.717) is 0 Å². The van der Waals surface area contributed by atoms with Crippen LogP contribution in [0.25, 0.3) is 0 Å². The van der Waals surface area contributed by atoms with Gasteiger partial charge in [-0.05, 0) is 38.0 Å². The van der Waals surface area contributed by atoms with Gasteiger partial charge in [-0.25, -0.2) is 0 Å². The molecule has 1 atom stereocenters. The number of amides is 1. The summed E-state index contributed by atoms with van der Waals surface area (Å²) in [5.41, 5.74) is 0.936. The molecule has 1 amide bonds. The van der Waals surface area contributed by atoms with Crippen molar-refractivity contribution >= 4 is 5.91 Å². The fraction of sp³-hybridized carbons (Fsp3) is 0.500. The van der Waals surface area contributed by atoms with E-state index in [2.05, 4.69) is 5.32 Å². The van der Waals surface area contributed by atoms with Crippen molar-refractivity contribution in [3.63, 3.8) is 0 Å². The van der Waals surface area contributed by atoms with Crippen LogP contribution in [0.2, 0.25) is 0 Å². The maximum absolute atomic E-state index is 11.8. The molecule has 0 heterocycles. The zero-order valence-electron chi connectivity index (χ0n) is 11.0. The highest BCUT2D eigenvalue weighted by Gasteiger charge is 2.30. The predicted molar refractivity (Wildman–Crippen MR) is 68.8 cm³/mol. The maximum Gasteiger partial charge on any atom is 0.223 e. The van der Waals surface area contributed by atoms with Gasteiger partial charge in [-0.1, -0.05) is 0 Å². The topological polar surface area (TPSA) is 47.6 Å². The first-order valence-electron chi connectivity index (χ1n) is 6.18. The van der Waals surface area contributed by atoms with E-state index < -0.39 is 0 Å². The molecule has 0 radical (unpaired) electrons. The average molecular weight is 249 g/mol. The minimum absolute atomic E-state index is 0.0804. The molecule has 0 spiro atoms. The molecule has 98 valence electrons. The fourth-order valence-electron chi connectivity index (χ4n) is 1.93. The first-order chi connectivity index (χ1) is 8.65. The van der Waals surface area contributed by atoms with Crippen LogP contribution in [0, 0.1) is 5.92 Å². The van der Waals surface area contributed by atoms with E-state index in [1.165, 1.54) is 0 Å². The molecular formula is C14H19NO3. The van der Waals surface area contributed by atoms with E-state index in [0.717, 1.165) is 29.9 Å². The van der Waals surface area contributed by atoms with Crippen LogP contribution in [0.5, 0.6) is 11.5 Å². The number of benzene rings is 1. The van der Waals surface area contributed by atoms with E-state index in [9.17, 15) is 4.79 Å². The van der Waals surface area contributed by atoms with Crippen molar-refractivity contribution in [1.29, 1.82) is 0 Å². The largest absolute Gasteiger partial charge is 0.497 e. The monoisotopic (exact) mass is 249 g/mol. The average Bonchev–Trinajstić information content (AvgIpc) is 3.22. The van der Waals surface area contributed by atoms with E-state index in [-0.39, 0.29) is 17.9 Å². The van der Waals surface area contributed by atoms with Crippen LogP contribution < -0.4 is 14.8 Å². The molecule has 1 aromatic carbocycles. The van der Waals surface area contributed by atoms with Crippen LogP contribution in [0.4, 0.5) is 0 Å². The highest BCUT2D eigenvalue weighted by Crippen LogP contribution is 2.32. The van der Waals surface area contributed by atoms with E-state index in [1.807, 2.05) is 25.1 Å². The molecule has 0 saturated heterocycles. The second-order valence-corrected chi connectivity index (χ2v) is 4.61. The molecule has 1 N–H and O–H groups in total. The van der Waals surface area contributed by atoms with E-state index in [1.54, 1.807) is 14.2 Å². The molecule has 4 heteroatoms. The van der Waals surface area contributed by atoms with Gasteiger partial charge in [0.1, 0.15) is 11.5 Å². The number of hydrogen-bond acceptors (Lipinski definition) is 3. The van der Waals surface area contributed by atoms with Gasteiger partial charge in [-0.3, -0.25) is 4.79 Å². The Hall–Kier alpha value is -1.71. The first kappa shape index (κ1) is 12.7. The van der Waals surface area contributed by atoms with Crippen molar-refractivity contribution in [2.24, 2.45) is 5.92 Å². The Morgan fingerprint density at radius 2 is 2.06 bits per heavy atom. The first-order valence-corrected chi connectivity index (χ1v) is 6.18. The smallest absolute Gasteiger partial charge is 0.223 e. The number of carbonyl (C=O) groups is 1. The number of ether oxygens (including phenoxy) is 2. The third kappa shape index (κ3) is 2.75. The molecule has 0 bridgehead atoms. The van der Waals surface area contributed by atoms with Crippen molar-refractivity contribution in [3.8, 4) is 11.5 Å². The summed E-state index contributed by atoms with van der Waals surface area (Å²) in [6, 6.07) is 5.52. The zero-order valence-corrected chi connectivity index (χ0v) is 11.0. The minimum atomic E-state index is -0.0804. The Bertz CT molecular complexity index is 441. The van der Waals surface area contributed by atoms with Gasteiger partial charge in [0.05, 0.1) is 20.3 Å². The summed E-state index contributed by atoms with van der Waals surface area (Å²) >= 11 is 0. The summed E-state index contributed by atoms with van der Waals surface area (Å²) in [4.78, 5) is 11.8. The highest BCUT2D eigenvalue weighted by molar-refractivity contribution is 5.81. The number of carbonyl (C=O) groups excluding carboxylic acids is 1. The molecule has 1 fully saturated rings. The van der Waals surface area contributed by atoms with Crippen LogP contribution in [-0.2, 0) is 4.79 Å². The molecule has 0 unspecified atom stereocenters. The summed E-state index contributed by atoms with van der Waals surface area (Å²) in [5.74, 6) is 1.87. The van der Waals surface area contributed by atoms with Gasteiger partial charge in [-0.15, -0.1) is 0 Å². The van der Waals surface area contributed by atoms with Crippen molar-refractivity contribution < 1.29 is 14.3 Å². The van der Waals surface area contributed by atoms with Gasteiger partial charge >= 0.3 is 0 Å². The minimum Gasteiger partial charge on any atom is -0.497 e. The van der Waals surface area contributed by atoms with Crippen molar-refractivity contribution in [2.75, 3.05) is 14.2 Å². The molecule has 1 saturated carbocycles. The predicted octanol–water partition coefficient (Wildman–Crippen LogP) is 2.29. The van der Waals surface area contributed by atoms with E-state index in [4.69, 9.17) is 9.47 Å². The van der Waals surface area contributed by atoms with Crippen LogP contribution >= 0.6 is 0 Å². The number of hydrogen-bond donors (Lipinski definition) is 1. The van der Waals surface area contributed by atoms with Crippen molar-refractivity contribution in [2.45, 2.75) is 25.8 Å². The molecule has 1 aliphatic rings. The molecule has 0 aliphatic heterocycles. The Kier molecular flexibility index (Phi) is 3.75. The Morgan fingerprint density at radius 3 is 2.61 bits per heavy atom. The third-order valence-corrected chi connectivity index (χ3v) is 3.21. The molecule has 2 rings (SSSR count).